The molecule has 0 aliphatic heterocycles. The van der Waals surface area contributed by atoms with Crippen molar-refractivity contribution in [2.45, 2.75) is 39.7 Å². The van der Waals surface area contributed by atoms with Gasteiger partial charge in [-0.15, -0.1) is 11.3 Å². The molecular weight excluding hydrogens is 262 g/mol. The fourth-order valence-corrected chi connectivity index (χ4v) is 2.76. The van der Waals surface area contributed by atoms with Gasteiger partial charge in [0, 0.05) is 17.8 Å². The number of nitrogens with zero attached hydrogens (tertiary/aromatic N) is 3. The van der Waals surface area contributed by atoms with E-state index in [9.17, 15) is 9.90 Å². The van der Waals surface area contributed by atoms with Crippen LogP contribution in [0.1, 0.15) is 55.0 Å². The molecule has 0 amide bonds. The number of carboxylic acid groups (broad SMARTS) is 1. The van der Waals surface area contributed by atoms with E-state index in [1.54, 1.807) is 6.20 Å². The van der Waals surface area contributed by atoms with Crippen molar-refractivity contribution in [2.75, 3.05) is 0 Å². The maximum atomic E-state index is 11.2. The van der Waals surface area contributed by atoms with E-state index in [1.165, 1.54) is 11.3 Å². The smallest absolute Gasteiger partial charge is 0.347 e. The summed E-state index contributed by atoms with van der Waals surface area (Å²) in [5, 5.41) is 14.2. The van der Waals surface area contributed by atoms with Crippen molar-refractivity contribution < 1.29 is 9.90 Å². The summed E-state index contributed by atoms with van der Waals surface area (Å²) >= 11 is 1.21. The molecule has 5 nitrogen and oxygen atoms in total. The van der Waals surface area contributed by atoms with Gasteiger partial charge in [0.15, 0.2) is 0 Å². The molecule has 0 aromatic carbocycles. The Morgan fingerprint density at radius 2 is 2.05 bits per heavy atom. The van der Waals surface area contributed by atoms with Gasteiger partial charge in [-0.05, 0) is 19.8 Å². The molecular formula is C13H17N3O2S. The van der Waals surface area contributed by atoms with E-state index >= 15 is 0 Å². The average Bonchev–Trinajstić information content (AvgIpc) is 2.95. The van der Waals surface area contributed by atoms with E-state index in [1.807, 2.05) is 38.6 Å². The Hall–Kier alpha value is -1.69. The van der Waals surface area contributed by atoms with Crippen LogP contribution in [-0.2, 0) is 0 Å². The summed E-state index contributed by atoms with van der Waals surface area (Å²) in [6.07, 6.45) is 3.63. The number of thiazole rings is 1. The maximum Gasteiger partial charge on any atom is 0.347 e. The predicted octanol–water partition coefficient (Wildman–Crippen LogP) is 3.41. The first-order valence-electron chi connectivity index (χ1n) is 6.18. The fraction of sp³-hybridized carbons (Fsp3) is 0.462. The third kappa shape index (κ3) is 2.68. The fourth-order valence-electron chi connectivity index (χ4n) is 1.73. The lowest BCUT2D eigenvalue weighted by Crippen LogP contribution is -2.00. The Morgan fingerprint density at radius 1 is 1.37 bits per heavy atom. The minimum Gasteiger partial charge on any atom is -0.477 e. The highest BCUT2D eigenvalue weighted by Crippen LogP contribution is 2.31. The molecule has 0 bridgehead atoms. The molecule has 0 radical (unpaired) electrons. The zero-order valence-electron chi connectivity index (χ0n) is 11.4. The second kappa shape index (κ2) is 5.13. The lowest BCUT2D eigenvalue weighted by atomic mass is 10.1. The van der Waals surface area contributed by atoms with Crippen LogP contribution in [0.2, 0.25) is 0 Å². The molecule has 2 aromatic heterocycles. The van der Waals surface area contributed by atoms with Gasteiger partial charge in [-0.3, -0.25) is 4.68 Å². The average molecular weight is 279 g/mol. The predicted molar refractivity (Wildman–Crippen MR) is 74.8 cm³/mol. The van der Waals surface area contributed by atoms with E-state index in [0.29, 0.717) is 15.6 Å². The monoisotopic (exact) mass is 279 g/mol. The Kier molecular flexibility index (Phi) is 3.71. The molecule has 0 saturated heterocycles. The molecule has 0 atom stereocenters. The number of rotatable bonds is 4. The van der Waals surface area contributed by atoms with Crippen LogP contribution in [-0.4, -0.2) is 25.8 Å². The zero-order valence-corrected chi connectivity index (χ0v) is 12.2. The third-order valence-corrected chi connectivity index (χ3v) is 3.88. The van der Waals surface area contributed by atoms with Gasteiger partial charge in [-0.25, -0.2) is 9.78 Å². The van der Waals surface area contributed by atoms with Gasteiger partial charge in [0.2, 0.25) is 0 Å². The van der Waals surface area contributed by atoms with Crippen molar-refractivity contribution in [2.24, 2.45) is 0 Å². The second-order valence-electron chi connectivity index (χ2n) is 5.00. The van der Waals surface area contributed by atoms with Crippen molar-refractivity contribution in [1.29, 1.82) is 0 Å². The summed E-state index contributed by atoms with van der Waals surface area (Å²) < 4.78 is 1.84. The zero-order chi connectivity index (χ0) is 14.2. The van der Waals surface area contributed by atoms with Crippen molar-refractivity contribution in [3.63, 3.8) is 0 Å². The number of carbonyl (C=O) groups is 1. The lowest BCUT2D eigenvalue weighted by Gasteiger charge is -2.02. The van der Waals surface area contributed by atoms with Crippen molar-refractivity contribution in [1.82, 2.24) is 14.8 Å². The van der Waals surface area contributed by atoms with Crippen molar-refractivity contribution in [3.8, 4) is 10.6 Å². The number of carboxylic acids is 1. The number of aromatic nitrogens is 3. The molecule has 1 N–H and O–H groups in total. The first kappa shape index (κ1) is 13.7. The molecule has 0 unspecified atom stereocenters. The molecule has 2 heterocycles. The number of hydrogen-bond donors (Lipinski definition) is 1. The van der Waals surface area contributed by atoms with Gasteiger partial charge >= 0.3 is 5.97 Å². The van der Waals surface area contributed by atoms with Crippen molar-refractivity contribution >= 4 is 17.3 Å². The third-order valence-electron chi connectivity index (χ3n) is 2.77. The summed E-state index contributed by atoms with van der Waals surface area (Å²) in [6.45, 7) is 7.98. The lowest BCUT2D eigenvalue weighted by molar-refractivity contribution is 0.0700. The van der Waals surface area contributed by atoms with Gasteiger partial charge < -0.3 is 5.11 Å². The Bertz CT molecular complexity index is 599. The minimum atomic E-state index is -0.913. The summed E-state index contributed by atoms with van der Waals surface area (Å²) in [5.41, 5.74) is 1.51. The van der Waals surface area contributed by atoms with E-state index < -0.39 is 5.97 Å². The van der Waals surface area contributed by atoms with Crippen LogP contribution in [0, 0.1) is 0 Å². The van der Waals surface area contributed by atoms with E-state index in [4.69, 9.17) is 0 Å². The van der Waals surface area contributed by atoms with Gasteiger partial charge in [-0.1, -0.05) is 13.8 Å². The highest BCUT2D eigenvalue weighted by Gasteiger charge is 2.21. The molecule has 6 heteroatoms. The van der Waals surface area contributed by atoms with E-state index in [0.717, 1.165) is 5.56 Å². The Balaban J connectivity index is 2.45. The molecule has 0 saturated carbocycles. The van der Waals surface area contributed by atoms with Crippen LogP contribution < -0.4 is 0 Å². The van der Waals surface area contributed by atoms with Crippen LogP contribution in [0.25, 0.3) is 10.6 Å². The van der Waals surface area contributed by atoms with Gasteiger partial charge in [0.05, 0.1) is 11.9 Å². The molecule has 0 aliphatic rings. The summed E-state index contributed by atoms with van der Waals surface area (Å²) in [4.78, 5) is 16.0. The number of aromatic carboxylic acids is 1. The van der Waals surface area contributed by atoms with Crippen LogP contribution in [0.4, 0.5) is 0 Å². The van der Waals surface area contributed by atoms with Crippen LogP contribution in [0.5, 0.6) is 0 Å². The van der Waals surface area contributed by atoms with Gasteiger partial charge in [0.25, 0.3) is 0 Å². The van der Waals surface area contributed by atoms with E-state index in [2.05, 4.69) is 10.1 Å². The molecule has 2 aromatic rings. The summed E-state index contributed by atoms with van der Waals surface area (Å²) in [6, 6.07) is 0.275. The minimum absolute atomic E-state index is 0.0937. The highest BCUT2D eigenvalue weighted by molar-refractivity contribution is 7.17. The quantitative estimate of drug-likeness (QED) is 0.931. The van der Waals surface area contributed by atoms with Gasteiger partial charge in [0.1, 0.15) is 9.88 Å². The molecule has 0 aliphatic carbocycles. The number of hydrogen-bond acceptors (Lipinski definition) is 4. The standard InChI is InChI=1S/C13H17N3O2S/c1-7(2)10-11(13(17)18)19-12(15-10)9-5-14-16(6-9)8(3)4/h5-8H,1-4H3,(H,17,18). The van der Waals surface area contributed by atoms with Crippen LogP contribution >= 0.6 is 11.3 Å². The Labute approximate surface area is 115 Å². The second-order valence-corrected chi connectivity index (χ2v) is 6.00. The van der Waals surface area contributed by atoms with Crippen molar-refractivity contribution in [3.05, 3.63) is 23.0 Å². The molecule has 0 spiro atoms. The normalized spacial score (nSPS) is 11.5. The van der Waals surface area contributed by atoms with Crippen LogP contribution in [0.15, 0.2) is 12.4 Å². The van der Waals surface area contributed by atoms with Gasteiger partial charge in [-0.2, -0.15) is 5.10 Å². The SMILES string of the molecule is CC(C)c1nc(-c2cnn(C(C)C)c2)sc1C(=O)O. The molecule has 0 fully saturated rings. The molecule has 2 rings (SSSR count). The molecule has 102 valence electrons. The summed E-state index contributed by atoms with van der Waals surface area (Å²) in [5.74, 6) is -0.819. The van der Waals surface area contributed by atoms with E-state index in [-0.39, 0.29) is 12.0 Å². The first-order valence-corrected chi connectivity index (χ1v) is 7.00. The highest BCUT2D eigenvalue weighted by atomic mass is 32.1. The molecule has 19 heavy (non-hydrogen) atoms. The van der Waals surface area contributed by atoms with Crippen LogP contribution in [0.3, 0.4) is 0 Å². The topological polar surface area (TPSA) is 68.0 Å². The Morgan fingerprint density at radius 3 is 2.47 bits per heavy atom. The largest absolute Gasteiger partial charge is 0.477 e. The summed E-state index contributed by atoms with van der Waals surface area (Å²) in [7, 11) is 0. The maximum absolute atomic E-state index is 11.2. The first-order chi connectivity index (χ1) is 8.90.